The van der Waals surface area contributed by atoms with Crippen LogP contribution in [-0.4, -0.2) is 61.4 Å². The zero-order chi connectivity index (χ0) is 20.6. The standard InChI is InChI=1S/C17H26O10/c1-6-7-8-23-17(27-13(5)21)14(9-22-10(2)18)26-16(25-12(4)20)15(17)24-11(3)19/h14-16H,6-9H2,1-5H3/t14-,15+,16+,17-/m1/s1. The fourth-order valence-electron chi connectivity index (χ4n) is 2.55. The highest BCUT2D eigenvalue weighted by Gasteiger charge is 2.65. The third-order valence-electron chi connectivity index (χ3n) is 3.53. The van der Waals surface area contributed by atoms with Crippen LogP contribution in [0.3, 0.4) is 0 Å². The van der Waals surface area contributed by atoms with Crippen LogP contribution in [0.2, 0.25) is 0 Å². The Balaban J connectivity index is 3.31. The Kier molecular flexibility index (Phi) is 8.64. The van der Waals surface area contributed by atoms with Crippen molar-refractivity contribution in [2.75, 3.05) is 13.2 Å². The fraction of sp³-hybridized carbons (Fsp3) is 0.765. The molecule has 1 aliphatic rings. The van der Waals surface area contributed by atoms with Crippen molar-refractivity contribution in [1.82, 2.24) is 0 Å². The van der Waals surface area contributed by atoms with E-state index in [9.17, 15) is 19.2 Å². The molecule has 0 N–H and O–H groups in total. The summed E-state index contributed by atoms with van der Waals surface area (Å²) in [4.78, 5) is 46.0. The van der Waals surface area contributed by atoms with Crippen molar-refractivity contribution in [2.45, 2.75) is 71.7 Å². The van der Waals surface area contributed by atoms with Crippen molar-refractivity contribution in [3.63, 3.8) is 0 Å². The van der Waals surface area contributed by atoms with Crippen molar-refractivity contribution in [2.24, 2.45) is 0 Å². The number of hydrogen-bond acceptors (Lipinski definition) is 10. The molecule has 1 rings (SSSR count). The summed E-state index contributed by atoms with van der Waals surface area (Å²) in [6, 6.07) is 0. The number of carbonyl (C=O) groups is 4. The molecule has 0 aliphatic carbocycles. The van der Waals surface area contributed by atoms with Gasteiger partial charge >= 0.3 is 23.9 Å². The first kappa shape index (κ1) is 22.8. The molecule has 0 aromatic carbocycles. The quantitative estimate of drug-likeness (QED) is 0.242. The summed E-state index contributed by atoms with van der Waals surface area (Å²) in [6.07, 6.45) is -2.62. The lowest BCUT2D eigenvalue weighted by Gasteiger charge is -2.36. The van der Waals surface area contributed by atoms with E-state index in [4.69, 9.17) is 28.4 Å². The summed E-state index contributed by atoms with van der Waals surface area (Å²) in [7, 11) is 0. The summed E-state index contributed by atoms with van der Waals surface area (Å²) in [5.74, 6) is -4.74. The normalized spacial score (nSPS) is 26.9. The summed E-state index contributed by atoms with van der Waals surface area (Å²) in [6.45, 7) is 6.28. The molecule has 0 bridgehead atoms. The van der Waals surface area contributed by atoms with E-state index in [1.165, 1.54) is 6.92 Å². The molecule has 4 atom stereocenters. The molecule has 0 aromatic rings. The van der Waals surface area contributed by atoms with Crippen LogP contribution in [0, 0.1) is 0 Å². The predicted molar refractivity (Wildman–Crippen MR) is 88.0 cm³/mol. The van der Waals surface area contributed by atoms with E-state index in [2.05, 4.69) is 0 Å². The predicted octanol–water partition coefficient (Wildman–Crippen LogP) is 0.845. The van der Waals surface area contributed by atoms with Crippen LogP contribution < -0.4 is 0 Å². The molecule has 0 unspecified atom stereocenters. The second-order valence-electron chi connectivity index (χ2n) is 5.95. The first-order chi connectivity index (χ1) is 12.6. The topological polar surface area (TPSA) is 124 Å². The molecule has 154 valence electrons. The van der Waals surface area contributed by atoms with Gasteiger partial charge < -0.3 is 28.4 Å². The maximum atomic E-state index is 11.8. The molecule has 10 nitrogen and oxygen atoms in total. The largest absolute Gasteiger partial charge is 0.463 e. The molecular formula is C17H26O10. The maximum absolute atomic E-state index is 11.8. The fourth-order valence-corrected chi connectivity index (χ4v) is 2.55. The Morgan fingerprint density at radius 3 is 2.04 bits per heavy atom. The minimum atomic E-state index is -1.94. The van der Waals surface area contributed by atoms with E-state index in [0.29, 0.717) is 6.42 Å². The van der Waals surface area contributed by atoms with Crippen LogP contribution in [0.25, 0.3) is 0 Å². The summed E-state index contributed by atoms with van der Waals surface area (Å²) in [5, 5.41) is 0. The Hall–Kier alpha value is -2.20. The second-order valence-corrected chi connectivity index (χ2v) is 5.95. The van der Waals surface area contributed by atoms with Crippen molar-refractivity contribution in [3.05, 3.63) is 0 Å². The van der Waals surface area contributed by atoms with Gasteiger partial charge in [0.05, 0.1) is 6.61 Å². The van der Waals surface area contributed by atoms with E-state index in [-0.39, 0.29) is 13.2 Å². The van der Waals surface area contributed by atoms with Gasteiger partial charge in [-0.25, -0.2) is 0 Å². The lowest BCUT2D eigenvalue weighted by atomic mass is 10.1. The molecule has 0 amide bonds. The van der Waals surface area contributed by atoms with Gasteiger partial charge in [-0.3, -0.25) is 19.2 Å². The Labute approximate surface area is 157 Å². The Morgan fingerprint density at radius 1 is 0.926 bits per heavy atom. The van der Waals surface area contributed by atoms with Gasteiger partial charge in [0.2, 0.25) is 12.4 Å². The molecule has 1 saturated heterocycles. The van der Waals surface area contributed by atoms with Gasteiger partial charge in [0, 0.05) is 27.7 Å². The first-order valence-electron chi connectivity index (χ1n) is 8.59. The third kappa shape index (κ3) is 6.47. The summed E-state index contributed by atoms with van der Waals surface area (Å²) < 4.78 is 32.0. The van der Waals surface area contributed by atoms with Gasteiger partial charge in [-0.15, -0.1) is 0 Å². The second kappa shape index (κ2) is 10.2. The van der Waals surface area contributed by atoms with Crippen LogP contribution in [-0.2, 0) is 47.6 Å². The molecule has 27 heavy (non-hydrogen) atoms. The van der Waals surface area contributed by atoms with Gasteiger partial charge in [0.1, 0.15) is 6.61 Å². The Bertz CT molecular complexity index is 560. The van der Waals surface area contributed by atoms with Gasteiger partial charge in [-0.1, -0.05) is 13.3 Å². The van der Waals surface area contributed by atoms with Gasteiger partial charge in [0.15, 0.2) is 6.10 Å². The van der Waals surface area contributed by atoms with E-state index < -0.39 is 48.2 Å². The monoisotopic (exact) mass is 390 g/mol. The molecule has 1 fully saturated rings. The Morgan fingerprint density at radius 2 is 1.56 bits per heavy atom. The van der Waals surface area contributed by atoms with Crippen LogP contribution in [0.15, 0.2) is 0 Å². The van der Waals surface area contributed by atoms with Crippen molar-refractivity contribution < 1.29 is 47.6 Å². The molecule has 0 saturated carbocycles. The lowest BCUT2D eigenvalue weighted by molar-refractivity contribution is -0.282. The van der Waals surface area contributed by atoms with Crippen LogP contribution in [0.1, 0.15) is 47.5 Å². The lowest BCUT2D eigenvalue weighted by Crippen LogP contribution is -2.57. The molecule has 0 spiro atoms. The van der Waals surface area contributed by atoms with E-state index in [1.807, 2.05) is 6.92 Å². The van der Waals surface area contributed by atoms with E-state index >= 15 is 0 Å². The SMILES string of the molecule is CCCCO[C@@]1(OC(C)=O)[C@@H](COC(C)=O)O[C@H](OC(C)=O)[C@@H]1OC(C)=O. The van der Waals surface area contributed by atoms with Crippen LogP contribution in [0.4, 0.5) is 0 Å². The minimum Gasteiger partial charge on any atom is -0.463 e. The average Bonchev–Trinajstić information content (AvgIpc) is 2.78. The number of hydrogen-bond donors (Lipinski definition) is 0. The highest BCUT2D eigenvalue weighted by atomic mass is 16.8. The summed E-state index contributed by atoms with van der Waals surface area (Å²) >= 11 is 0. The first-order valence-corrected chi connectivity index (χ1v) is 8.59. The molecule has 1 aliphatic heterocycles. The number of ether oxygens (including phenoxy) is 6. The molecule has 0 radical (unpaired) electrons. The molecule has 1 heterocycles. The van der Waals surface area contributed by atoms with E-state index in [0.717, 1.165) is 27.2 Å². The van der Waals surface area contributed by atoms with Crippen molar-refractivity contribution >= 4 is 23.9 Å². The average molecular weight is 390 g/mol. The van der Waals surface area contributed by atoms with E-state index in [1.54, 1.807) is 0 Å². The summed E-state index contributed by atoms with van der Waals surface area (Å²) in [5.41, 5.74) is 0. The van der Waals surface area contributed by atoms with Gasteiger partial charge in [-0.05, 0) is 6.42 Å². The van der Waals surface area contributed by atoms with Gasteiger partial charge in [0.25, 0.3) is 5.79 Å². The number of unbranched alkanes of at least 4 members (excludes halogenated alkanes) is 1. The zero-order valence-electron chi connectivity index (χ0n) is 16.1. The number of esters is 4. The minimum absolute atomic E-state index is 0.133. The maximum Gasteiger partial charge on any atom is 0.305 e. The highest BCUT2D eigenvalue weighted by molar-refractivity contribution is 5.69. The van der Waals surface area contributed by atoms with Crippen molar-refractivity contribution in [3.8, 4) is 0 Å². The molecule has 10 heteroatoms. The number of rotatable bonds is 9. The highest BCUT2D eigenvalue weighted by Crippen LogP contribution is 2.39. The molecule has 0 aromatic heterocycles. The number of carbonyl (C=O) groups excluding carboxylic acids is 4. The van der Waals surface area contributed by atoms with Crippen LogP contribution >= 0.6 is 0 Å². The van der Waals surface area contributed by atoms with Crippen molar-refractivity contribution in [1.29, 1.82) is 0 Å². The zero-order valence-corrected chi connectivity index (χ0v) is 16.1. The van der Waals surface area contributed by atoms with Crippen LogP contribution in [0.5, 0.6) is 0 Å². The molecular weight excluding hydrogens is 364 g/mol. The smallest absolute Gasteiger partial charge is 0.305 e. The van der Waals surface area contributed by atoms with Gasteiger partial charge in [-0.2, -0.15) is 0 Å². The third-order valence-corrected chi connectivity index (χ3v) is 3.53.